The van der Waals surface area contributed by atoms with Gasteiger partial charge in [-0.25, -0.2) is 8.42 Å². The molecule has 0 atom stereocenters. The van der Waals surface area contributed by atoms with Crippen molar-refractivity contribution in [1.82, 2.24) is 0 Å². The van der Waals surface area contributed by atoms with Crippen molar-refractivity contribution in [3.63, 3.8) is 0 Å². The normalized spacial score (nSPS) is 11.0. The standard InChI is InChI=1S/C24H25N3O7S/c1-5-34-22-13-19(20(27(29)30)14-21(22)33-4)24(28)25-17-10-9-16(3)23(12-17)35(31,32)26-18-8-6-7-15(2)11-18/h6-14,26H,5H2,1-4H3,(H,25,28). The SMILES string of the molecule is CCOc1cc(C(=O)Nc2ccc(C)c(S(=O)(=O)Nc3cccc(C)c3)c2)c([N+](=O)[O-])cc1OC. The minimum absolute atomic E-state index is 0.0453. The highest BCUT2D eigenvalue weighted by Crippen LogP contribution is 2.35. The van der Waals surface area contributed by atoms with Gasteiger partial charge in [-0.1, -0.05) is 18.2 Å². The van der Waals surface area contributed by atoms with Crippen molar-refractivity contribution < 1.29 is 27.6 Å². The molecule has 0 heterocycles. The number of carbonyl (C=O) groups excluding carboxylic acids is 1. The summed E-state index contributed by atoms with van der Waals surface area (Å²) in [6.07, 6.45) is 0. The molecular weight excluding hydrogens is 474 g/mol. The lowest BCUT2D eigenvalue weighted by atomic mass is 10.1. The Balaban J connectivity index is 1.96. The maximum Gasteiger partial charge on any atom is 0.286 e. The molecule has 2 N–H and O–H groups in total. The summed E-state index contributed by atoms with van der Waals surface area (Å²) < 4.78 is 39.1. The van der Waals surface area contributed by atoms with Crippen LogP contribution in [0, 0.1) is 24.0 Å². The molecule has 0 radical (unpaired) electrons. The van der Waals surface area contributed by atoms with E-state index < -0.39 is 26.5 Å². The van der Waals surface area contributed by atoms with Crippen molar-refractivity contribution >= 4 is 33.0 Å². The maximum atomic E-state index is 13.0. The highest BCUT2D eigenvalue weighted by Gasteiger charge is 2.25. The molecule has 11 heteroatoms. The molecule has 3 aromatic carbocycles. The number of hydrogen-bond acceptors (Lipinski definition) is 7. The molecule has 3 aromatic rings. The van der Waals surface area contributed by atoms with Crippen molar-refractivity contribution in [1.29, 1.82) is 0 Å². The summed E-state index contributed by atoms with van der Waals surface area (Å²) in [4.78, 5) is 23.8. The Labute approximate surface area is 203 Å². The van der Waals surface area contributed by atoms with Gasteiger partial charge in [0.1, 0.15) is 5.56 Å². The lowest BCUT2D eigenvalue weighted by Gasteiger charge is -2.14. The third-order valence-corrected chi connectivity index (χ3v) is 6.55. The average Bonchev–Trinajstić information content (AvgIpc) is 2.79. The number of methoxy groups -OCH3 is 1. The van der Waals surface area contributed by atoms with Crippen molar-refractivity contribution in [3.8, 4) is 11.5 Å². The van der Waals surface area contributed by atoms with E-state index in [9.17, 15) is 23.3 Å². The highest BCUT2D eigenvalue weighted by atomic mass is 32.2. The first-order valence-electron chi connectivity index (χ1n) is 10.6. The number of nitro benzene ring substituents is 1. The van der Waals surface area contributed by atoms with Crippen LogP contribution in [0.2, 0.25) is 0 Å². The number of nitrogens with zero attached hydrogens (tertiary/aromatic N) is 1. The lowest BCUT2D eigenvalue weighted by molar-refractivity contribution is -0.385. The minimum Gasteiger partial charge on any atom is -0.493 e. The topological polar surface area (TPSA) is 137 Å². The molecule has 0 fully saturated rings. The molecule has 0 spiro atoms. The van der Waals surface area contributed by atoms with Gasteiger partial charge in [0.05, 0.1) is 29.6 Å². The molecule has 0 saturated heterocycles. The Morgan fingerprint density at radius 2 is 1.77 bits per heavy atom. The molecule has 3 rings (SSSR count). The number of sulfonamides is 1. The van der Waals surface area contributed by atoms with Gasteiger partial charge < -0.3 is 14.8 Å². The molecule has 0 aliphatic rings. The van der Waals surface area contributed by atoms with Crippen LogP contribution >= 0.6 is 0 Å². The van der Waals surface area contributed by atoms with Crippen molar-refractivity contribution in [3.05, 3.63) is 81.4 Å². The molecule has 0 saturated carbocycles. The number of nitro groups is 1. The van der Waals surface area contributed by atoms with Gasteiger partial charge in [-0.2, -0.15) is 0 Å². The summed E-state index contributed by atoms with van der Waals surface area (Å²) in [5.74, 6) is -0.527. The van der Waals surface area contributed by atoms with Gasteiger partial charge in [-0.05, 0) is 56.2 Å². The number of amides is 1. The second-order valence-corrected chi connectivity index (χ2v) is 9.27. The largest absolute Gasteiger partial charge is 0.493 e. The molecule has 0 aliphatic heterocycles. The molecule has 0 unspecified atom stereocenters. The number of nitrogens with one attached hydrogen (secondary N) is 2. The zero-order valence-corrected chi connectivity index (χ0v) is 20.4. The van der Waals surface area contributed by atoms with Gasteiger partial charge in [0.2, 0.25) is 0 Å². The van der Waals surface area contributed by atoms with Crippen LogP contribution in [0.1, 0.15) is 28.4 Å². The van der Waals surface area contributed by atoms with E-state index in [4.69, 9.17) is 9.47 Å². The van der Waals surface area contributed by atoms with Crippen molar-refractivity contribution in [2.24, 2.45) is 0 Å². The summed E-state index contributed by atoms with van der Waals surface area (Å²) in [6.45, 7) is 5.44. The van der Waals surface area contributed by atoms with Crippen LogP contribution in [0.5, 0.6) is 11.5 Å². The van der Waals surface area contributed by atoms with E-state index in [1.54, 1.807) is 32.0 Å². The lowest BCUT2D eigenvalue weighted by Crippen LogP contribution is -2.17. The molecule has 10 nitrogen and oxygen atoms in total. The predicted molar refractivity (Wildman–Crippen MR) is 132 cm³/mol. The van der Waals surface area contributed by atoms with Gasteiger partial charge in [-0.15, -0.1) is 0 Å². The van der Waals surface area contributed by atoms with Gasteiger partial charge in [0, 0.05) is 17.4 Å². The average molecular weight is 500 g/mol. The van der Waals surface area contributed by atoms with Crippen LogP contribution in [0.25, 0.3) is 0 Å². The Morgan fingerprint density at radius 1 is 1.03 bits per heavy atom. The van der Waals surface area contributed by atoms with Gasteiger partial charge in [0.25, 0.3) is 21.6 Å². The zero-order chi connectivity index (χ0) is 25.8. The smallest absolute Gasteiger partial charge is 0.286 e. The Bertz CT molecular complexity index is 1390. The fourth-order valence-corrected chi connectivity index (χ4v) is 4.72. The first kappa shape index (κ1) is 25.5. The monoisotopic (exact) mass is 499 g/mol. The number of anilines is 2. The van der Waals surface area contributed by atoms with E-state index in [2.05, 4.69) is 10.0 Å². The molecule has 1 amide bonds. The van der Waals surface area contributed by atoms with Crippen LogP contribution in [0.15, 0.2) is 59.5 Å². The summed E-state index contributed by atoms with van der Waals surface area (Å²) in [5.41, 5.74) is 1.14. The fourth-order valence-electron chi connectivity index (χ4n) is 3.39. The molecule has 0 bridgehead atoms. The van der Waals surface area contributed by atoms with Crippen LogP contribution in [0.4, 0.5) is 17.1 Å². The number of aryl methyl sites for hydroxylation is 2. The van der Waals surface area contributed by atoms with E-state index in [0.29, 0.717) is 11.3 Å². The Kier molecular flexibility index (Phi) is 7.60. The number of rotatable bonds is 9. The van der Waals surface area contributed by atoms with E-state index in [1.165, 1.54) is 31.4 Å². The summed E-state index contributed by atoms with van der Waals surface area (Å²) in [6, 6.07) is 13.6. The molecule has 0 aliphatic carbocycles. The first-order chi connectivity index (χ1) is 16.6. The number of benzene rings is 3. The Hall–Kier alpha value is -4.12. The zero-order valence-electron chi connectivity index (χ0n) is 19.6. The third-order valence-electron chi connectivity index (χ3n) is 5.03. The van der Waals surface area contributed by atoms with Crippen LogP contribution < -0.4 is 19.5 Å². The second-order valence-electron chi connectivity index (χ2n) is 7.62. The van der Waals surface area contributed by atoms with E-state index in [-0.39, 0.29) is 34.3 Å². The molecular formula is C24H25N3O7S. The minimum atomic E-state index is -3.97. The second kappa shape index (κ2) is 10.4. The van der Waals surface area contributed by atoms with Crippen molar-refractivity contribution in [2.75, 3.05) is 23.8 Å². The maximum absolute atomic E-state index is 13.0. The van der Waals surface area contributed by atoms with Crippen LogP contribution in [0.3, 0.4) is 0 Å². The van der Waals surface area contributed by atoms with E-state index in [1.807, 2.05) is 13.0 Å². The highest BCUT2D eigenvalue weighted by molar-refractivity contribution is 7.92. The van der Waals surface area contributed by atoms with Gasteiger partial charge in [-0.3, -0.25) is 19.6 Å². The predicted octanol–water partition coefficient (Wildman–Crippen LogP) is 4.67. The Morgan fingerprint density at radius 3 is 2.40 bits per heavy atom. The summed E-state index contributed by atoms with van der Waals surface area (Å²) in [7, 11) is -2.64. The number of ether oxygens (including phenoxy) is 2. The summed E-state index contributed by atoms with van der Waals surface area (Å²) in [5, 5.41) is 14.1. The number of carbonyl (C=O) groups is 1. The van der Waals surface area contributed by atoms with Crippen LogP contribution in [-0.4, -0.2) is 33.0 Å². The summed E-state index contributed by atoms with van der Waals surface area (Å²) >= 11 is 0. The van der Waals surface area contributed by atoms with Gasteiger partial charge >= 0.3 is 0 Å². The molecule has 35 heavy (non-hydrogen) atoms. The van der Waals surface area contributed by atoms with E-state index in [0.717, 1.165) is 11.6 Å². The molecule has 184 valence electrons. The van der Waals surface area contributed by atoms with Gasteiger partial charge in [0.15, 0.2) is 11.5 Å². The fraction of sp³-hybridized carbons (Fsp3) is 0.208. The van der Waals surface area contributed by atoms with Crippen molar-refractivity contribution in [2.45, 2.75) is 25.7 Å². The van der Waals surface area contributed by atoms with Crippen LogP contribution in [-0.2, 0) is 10.0 Å². The number of hydrogen-bond donors (Lipinski definition) is 2. The third kappa shape index (κ3) is 5.87. The molecule has 0 aromatic heterocycles. The van der Waals surface area contributed by atoms with E-state index >= 15 is 0 Å². The first-order valence-corrected chi connectivity index (χ1v) is 12.0. The quantitative estimate of drug-likeness (QED) is 0.322.